The Balaban J connectivity index is 2.00. The Hall–Kier alpha value is -0.540. The first kappa shape index (κ1) is 7.13. The first-order valence-electron chi connectivity index (χ1n) is 4.27. The van der Waals surface area contributed by atoms with Gasteiger partial charge in [-0.2, -0.15) is 0 Å². The van der Waals surface area contributed by atoms with E-state index in [4.69, 9.17) is 0 Å². The van der Waals surface area contributed by atoms with E-state index in [1.54, 1.807) is 0 Å². The van der Waals surface area contributed by atoms with Crippen LogP contribution in [0.5, 0.6) is 0 Å². The molecule has 2 unspecified atom stereocenters. The van der Waals surface area contributed by atoms with Crippen LogP contribution in [0.4, 0.5) is 0 Å². The SMILES string of the molecule is CNC1CCC2NNC=C2C1. The minimum Gasteiger partial charge on any atom is -0.328 e. The molecule has 2 aliphatic rings. The molecule has 1 fully saturated rings. The van der Waals surface area contributed by atoms with Gasteiger partial charge < -0.3 is 10.7 Å². The third-order valence-electron chi connectivity index (χ3n) is 2.66. The molecule has 62 valence electrons. The Morgan fingerprint density at radius 1 is 1.55 bits per heavy atom. The molecule has 0 aromatic rings. The van der Waals surface area contributed by atoms with Gasteiger partial charge in [-0.1, -0.05) is 0 Å². The molecule has 0 spiro atoms. The number of fused-ring (bicyclic) bond motifs is 1. The molecule has 3 N–H and O–H groups in total. The fourth-order valence-electron chi connectivity index (χ4n) is 1.89. The van der Waals surface area contributed by atoms with Gasteiger partial charge in [0.25, 0.3) is 0 Å². The molecule has 2 atom stereocenters. The van der Waals surface area contributed by atoms with Crippen molar-refractivity contribution in [3.8, 4) is 0 Å². The summed E-state index contributed by atoms with van der Waals surface area (Å²) in [5, 5.41) is 3.32. The maximum atomic E-state index is 3.32. The van der Waals surface area contributed by atoms with Crippen molar-refractivity contribution in [2.24, 2.45) is 0 Å². The normalized spacial score (nSPS) is 35.9. The molecule has 11 heavy (non-hydrogen) atoms. The first-order valence-corrected chi connectivity index (χ1v) is 4.27. The van der Waals surface area contributed by atoms with Gasteiger partial charge in [0.2, 0.25) is 0 Å². The Kier molecular flexibility index (Phi) is 1.84. The minimum atomic E-state index is 0.611. The summed E-state index contributed by atoms with van der Waals surface area (Å²) in [5.41, 5.74) is 7.83. The van der Waals surface area contributed by atoms with Gasteiger partial charge in [0.05, 0.1) is 0 Å². The van der Waals surface area contributed by atoms with Crippen molar-refractivity contribution >= 4 is 0 Å². The van der Waals surface area contributed by atoms with E-state index in [-0.39, 0.29) is 0 Å². The number of hydrazine groups is 1. The summed E-state index contributed by atoms with van der Waals surface area (Å²) >= 11 is 0. The molecule has 2 rings (SSSR count). The zero-order valence-corrected chi connectivity index (χ0v) is 6.85. The van der Waals surface area contributed by atoms with Gasteiger partial charge in [-0.05, 0) is 31.9 Å². The molecule has 3 nitrogen and oxygen atoms in total. The van der Waals surface area contributed by atoms with Crippen molar-refractivity contribution in [3.63, 3.8) is 0 Å². The minimum absolute atomic E-state index is 0.611. The lowest BCUT2D eigenvalue weighted by Crippen LogP contribution is -2.39. The monoisotopic (exact) mass is 153 g/mol. The van der Waals surface area contributed by atoms with E-state index in [2.05, 4.69) is 22.4 Å². The van der Waals surface area contributed by atoms with Crippen LogP contribution in [0.25, 0.3) is 0 Å². The van der Waals surface area contributed by atoms with E-state index in [9.17, 15) is 0 Å². The maximum absolute atomic E-state index is 3.32. The summed E-state index contributed by atoms with van der Waals surface area (Å²) in [6.07, 6.45) is 5.84. The van der Waals surface area contributed by atoms with Crippen LogP contribution in [-0.4, -0.2) is 19.1 Å². The summed E-state index contributed by atoms with van der Waals surface area (Å²) in [7, 11) is 2.04. The summed E-state index contributed by atoms with van der Waals surface area (Å²) in [4.78, 5) is 0. The Morgan fingerprint density at radius 3 is 3.27 bits per heavy atom. The van der Waals surface area contributed by atoms with Crippen molar-refractivity contribution in [1.82, 2.24) is 16.2 Å². The molecule has 1 aliphatic heterocycles. The average Bonchev–Trinajstić information content (AvgIpc) is 2.50. The number of hydrogen-bond acceptors (Lipinski definition) is 3. The van der Waals surface area contributed by atoms with E-state index in [0.717, 1.165) is 0 Å². The van der Waals surface area contributed by atoms with Crippen LogP contribution in [0.1, 0.15) is 19.3 Å². The van der Waals surface area contributed by atoms with Crippen molar-refractivity contribution in [1.29, 1.82) is 0 Å². The smallest absolute Gasteiger partial charge is 0.0488 e. The van der Waals surface area contributed by atoms with Crippen LogP contribution in [0.3, 0.4) is 0 Å². The lowest BCUT2D eigenvalue weighted by atomic mass is 9.88. The van der Waals surface area contributed by atoms with Gasteiger partial charge in [-0.25, -0.2) is 5.43 Å². The predicted octanol–water partition coefficient (Wildman–Crippen LogP) is 0.119. The van der Waals surface area contributed by atoms with Crippen LogP contribution in [-0.2, 0) is 0 Å². The molecule has 0 bridgehead atoms. The predicted molar refractivity (Wildman–Crippen MR) is 44.8 cm³/mol. The fraction of sp³-hybridized carbons (Fsp3) is 0.750. The van der Waals surface area contributed by atoms with Gasteiger partial charge in [0, 0.05) is 18.3 Å². The van der Waals surface area contributed by atoms with Crippen LogP contribution in [0, 0.1) is 0 Å². The van der Waals surface area contributed by atoms with Crippen LogP contribution < -0.4 is 16.2 Å². The third kappa shape index (κ3) is 1.26. The summed E-state index contributed by atoms with van der Waals surface area (Å²) in [6.45, 7) is 0. The lowest BCUT2D eigenvalue weighted by Gasteiger charge is -2.27. The third-order valence-corrected chi connectivity index (χ3v) is 2.66. The van der Waals surface area contributed by atoms with E-state index >= 15 is 0 Å². The van der Waals surface area contributed by atoms with E-state index < -0.39 is 0 Å². The van der Waals surface area contributed by atoms with E-state index in [0.29, 0.717) is 12.1 Å². The van der Waals surface area contributed by atoms with Crippen molar-refractivity contribution < 1.29 is 0 Å². The molecule has 1 aliphatic carbocycles. The second-order valence-electron chi connectivity index (χ2n) is 3.33. The van der Waals surface area contributed by atoms with Gasteiger partial charge in [-0.15, -0.1) is 0 Å². The molecule has 0 amide bonds. The highest BCUT2D eigenvalue weighted by atomic mass is 15.4. The second kappa shape index (κ2) is 2.83. The highest BCUT2D eigenvalue weighted by Crippen LogP contribution is 2.25. The Bertz CT molecular complexity index is 176. The number of hydrogen-bond donors (Lipinski definition) is 3. The summed E-state index contributed by atoms with van der Waals surface area (Å²) in [5.74, 6) is 0. The molecule has 3 heteroatoms. The van der Waals surface area contributed by atoms with Crippen LogP contribution in [0.2, 0.25) is 0 Å². The van der Waals surface area contributed by atoms with Crippen LogP contribution in [0.15, 0.2) is 11.8 Å². The van der Waals surface area contributed by atoms with Gasteiger partial charge in [-0.3, -0.25) is 0 Å². The van der Waals surface area contributed by atoms with Crippen molar-refractivity contribution in [2.75, 3.05) is 7.05 Å². The number of nitrogens with one attached hydrogen (secondary N) is 3. The quantitative estimate of drug-likeness (QED) is 0.501. The average molecular weight is 153 g/mol. The van der Waals surface area contributed by atoms with Crippen LogP contribution >= 0.6 is 0 Å². The van der Waals surface area contributed by atoms with E-state index in [1.165, 1.54) is 24.8 Å². The summed E-state index contributed by atoms with van der Waals surface area (Å²) in [6, 6.07) is 1.30. The largest absolute Gasteiger partial charge is 0.328 e. The van der Waals surface area contributed by atoms with Gasteiger partial charge in [0.1, 0.15) is 0 Å². The topological polar surface area (TPSA) is 36.1 Å². The van der Waals surface area contributed by atoms with Gasteiger partial charge in [0.15, 0.2) is 0 Å². The molecular formula is C8H15N3. The zero-order valence-electron chi connectivity index (χ0n) is 6.85. The molecular weight excluding hydrogens is 138 g/mol. The fourth-order valence-corrected chi connectivity index (χ4v) is 1.89. The Morgan fingerprint density at radius 2 is 2.45 bits per heavy atom. The molecule has 0 radical (unpaired) electrons. The highest BCUT2D eigenvalue weighted by Gasteiger charge is 2.26. The van der Waals surface area contributed by atoms with E-state index in [1.807, 2.05) is 7.05 Å². The first-order chi connectivity index (χ1) is 5.40. The Labute approximate surface area is 67.2 Å². The molecule has 1 saturated carbocycles. The van der Waals surface area contributed by atoms with Crippen molar-refractivity contribution in [3.05, 3.63) is 11.8 Å². The van der Waals surface area contributed by atoms with Gasteiger partial charge >= 0.3 is 0 Å². The standard InChI is InChI=1S/C8H15N3/c1-9-7-2-3-8-6(4-7)5-10-11-8/h5,7-11H,2-4H2,1H3. The molecule has 0 aromatic carbocycles. The van der Waals surface area contributed by atoms with Crippen molar-refractivity contribution in [2.45, 2.75) is 31.3 Å². The molecule has 1 heterocycles. The highest BCUT2D eigenvalue weighted by molar-refractivity contribution is 5.18. The maximum Gasteiger partial charge on any atom is 0.0488 e. The molecule has 0 aromatic heterocycles. The second-order valence-corrected chi connectivity index (χ2v) is 3.33. The lowest BCUT2D eigenvalue weighted by molar-refractivity contribution is 0.397. The summed E-state index contributed by atoms with van der Waals surface area (Å²) < 4.78 is 0. The molecule has 0 saturated heterocycles. The zero-order chi connectivity index (χ0) is 7.68. The number of rotatable bonds is 1.